The van der Waals surface area contributed by atoms with Crippen molar-refractivity contribution < 1.29 is 0 Å². The second-order valence-electron chi connectivity index (χ2n) is 2.64. The normalized spacial score (nSPS) is 8.85. The standard InChI is InChI=1S/C11H7N.Li.H/c12-8-10-6-3-5-9-4-1-2-7-11(9)10;;/h1-7H;;. The van der Waals surface area contributed by atoms with Crippen molar-refractivity contribution >= 4 is 29.6 Å². The van der Waals surface area contributed by atoms with Gasteiger partial charge in [-0.1, -0.05) is 36.4 Å². The van der Waals surface area contributed by atoms with Gasteiger partial charge in [-0.25, -0.2) is 0 Å². The van der Waals surface area contributed by atoms with E-state index in [0.29, 0.717) is 0 Å². The second-order valence-corrected chi connectivity index (χ2v) is 2.64. The van der Waals surface area contributed by atoms with Gasteiger partial charge in [-0.3, -0.25) is 0 Å². The molecule has 0 bridgehead atoms. The third-order valence-electron chi connectivity index (χ3n) is 1.91. The van der Waals surface area contributed by atoms with Crippen molar-refractivity contribution in [2.75, 3.05) is 0 Å². The number of rotatable bonds is 0. The van der Waals surface area contributed by atoms with Gasteiger partial charge in [0.2, 0.25) is 0 Å². The van der Waals surface area contributed by atoms with Crippen LogP contribution < -0.4 is 0 Å². The van der Waals surface area contributed by atoms with E-state index in [9.17, 15) is 0 Å². The zero-order valence-electron chi connectivity index (χ0n) is 6.49. The van der Waals surface area contributed by atoms with Gasteiger partial charge in [0.25, 0.3) is 0 Å². The molecule has 2 aromatic carbocycles. The van der Waals surface area contributed by atoms with E-state index < -0.39 is 0 Å². The average Bonchev–Trinajstić information content (AvgIpc) is 2.17. The fourth-order valence-corrected chi connectivity index (χ4v) is 1.32. The summed E-state index contributed by atoms with van der Waals surface area (Å²) in [7, 11) is 0. The Hall–Kier alpha value is -1.21. The molecule has 0 spiro atoms. The third kappa shape index (κ3) is 1.75. The van der Waals surface area contributed by atoms with E-state index >= 15 is 0 Å². The van der Waals surface area contributed by atoms with Gasteiger partial charge < -0.3 is 0 Å². The molecule has 58 valence electrons. The van der Waals surface area contributed by atoms with Crippen LogP contribution in [0.2, 0.25) is 0 Å². The molecular weight excluding hydrogens is 153 g/mol. The van der Waals surface area contributed by atoms with Crippen molar-refractivity contribution in [1.29, 1.82) is 5.26 Å². The Morgan fingerprint density at radius 2 is 1.62 bits per heavy atom. The molecule has 0 radical (unpaired) electrons. The van der Waals surface area contributed by atoms with Crippen LogP contribution in [-0.2, 0) is 0 Å². The van der Waals surface area contributed by atoms with Crippen LogP contribution in [0, 0.1) is 11.3 Å². The molecule has 2 rings (SSSR count). The van der Waals surface area contributed by atoms with Crippen molar-refractivity contribution in [2.24, 2.45) is 0 Å². The third-order valence-corrected chi connectivity index (χ3v) is 1.91. The number of hydrogen-bond donors (Lipinski definition) is 0. The zero-order valence-corrected chi connectivity index (χ0v) is 6.49. The maximum atomic E-state index is 8.79. The molecule has 13 heavy (non-hydrogen) atoms. The van der Waals surface area contributed by atoms with Crippen LogP contribution >= 0.6 is 0 Å². The molecule has 0 atom stereocenters. The summed E-state index contributed by atoms with van der Waals surface area (Å²) in [5, 5.41) is 10.9. The number of nitrogens with zero attached hydrogens (tertiary/aromatic N) is 1. The van der Waals surface area contributed by atoms with Gasteiger partial charge in [-0.05, 0) is 16.8 Å². The zero-order chi connectivity index (χ0) is 8.39. The van der Waals surface area contributed by atoms with Crippen molar-refractivity contribution in [3.8, 4) is 6.07 Å². The molecule has 0 fully saturated rings. The monoisotopic (exact) mass is 161 g/mol. The first-order valence-corrected chi connectivity index (χ1v) is 3.79. The minimum atomic E-state index is 0. The molecule has 0 aliphatic heterocycles. The number of nitriles is 1. The molecule has 0 saturated heterocycles. The minimum absolute atomic E-state index is 0. The van der Waals surface area contributed by atoms with Gasteiger partial charge in [0.15, 0.2) is 0 Å². The fourth-order valence-electron chi connectivity index (χ4n) is 1.32. The van der Waals surface area contributed by atoms with Crippen molar-refractivity contribution in [3.63, 3.8) is 0 Å². The Morgan fingerprint density at radius 1 is 0.923 bits per heavy atom. The summed E-state index contributed by atoms with van der Waals surface area (Å²) in [5.41, 5.74) is 0.744. The molecule has 0 amide bonds. The van der Waals surface area contributed by atoms with Crippen molar-refractivity contribution in [1.82, 2.24) is 0 Å². The van der Waals surface area contributed by atoms with Gasteiger partial charge >= 0.3 is 18.9 Å². The summed E-state index contributed by atoms with van der Waals surface area (Å²) in [6, 6.07) is 15.8. The number of fused-ring (bicyclic) bond motifs is 1. The van der Waals surface area contributed by atoms with E-state index in [1.54, 1.807) is 0 Å². The van der Waals surface area contributed by atoms with E-state index in [1.165, 1.54) is 0 Å². The quantitative estimate of drug-likeness (QED) is 0.542. The summed E-state index contributed by atoms with van der Waals surface area (Å²) in [4.78, 5) is 0. The molecule has 0 aliphatic carbocycles. The molecule has 1 nitrogen and oxygen atoms in total. The Kier molecular flexibility index (Phi) is 3.15. The Bertz CT molecular complexity index is 452. The second kappa shape index (κ2) is 4.15. The van der Waals surface area contributed by atoms with Gasteiger partial charge in [-0.2, -0.15) is 5.26 Å². The summed E-state index contributed by atoms with van der Waals surface area (Å²) in [6.07, 6.45) is 0. The van der Waals surface area contributed by atoms with E-state index in [0.717, 1.165) is 16.3 Å². The van der Waals surface area contributed by atoms with E-state index in [-0.39, 0.29) is 18.9 Å². The topological polar surface area (TPSA) is 23.8 Å². The van der Waals surface area contributed by atoms with Crippen LogP contribution in [0.1, 0.15) is 5.56 Å². The summed E-state index contributed by atoms with van der Waals surface area (Å²) in [6.45, 7) is 0. The van der Waals surface area contributed by atoms with Crippen LogP contribution in [0.5, 0.6) is 0 Å². The first-order valence-electron chi connectivity index (χ1n) is 3.79. The number of benzene rings is 2. The molecule has 0 aliphatic rings. The molecule has 2 aromatic rings. The molecule has 0 aromatic heterocycles. The van der Waals surface area contributed by atoms with E-state index in [2.05, 4.69) is 6.07 Å². The Labute approximate surface area is 89.2 Å². The Balaban J connectivity index is 0.000000845. The molecule has 0 saturated carbocycles. The van der Waals surface area contributed by atoms with Crippen LogP contribution in [-0.4, -0.2) is 18.9 Å². The predicted octanol–water partition coefficient (Wildman–Crippen LogP) is 2.06. The molecule has 0 heterocycles. The van der Waals surface area contributed by atoms with Gasteiger partial charge in [0.1, 0.15) is 0 Å². The average molecular weight is 161 g/mol. The molecular formula is C11H8LiN. The summed E-state index contributed by atoms with van der Waals surface area (Å²) < 4.78 is 0. The SMILES string of the molecule is N#Cc1cccc2ccccc12.[LiH]. The maximum absolute atomic E-state index is 8.79. The van der Waals surface area contributed by atoms with Crippen LogP contribution in [0.15, 0.2) is 42.5 Å². The fraction of sp³-hybridized carbons (Fsp3) is 0. The van der Waals surface area contributed by atoms with Crippen molar-refractivity contribution in [2.45, 2.75) is 0 Å². The first-order chi connectivity index (χ1) is 5.92. The van der Waals surface area contributed by atoms with Crippen LogP contribution in [0.3, 0.4) is 0 Å². The van der Waals surface area contributed by atoms with Gasteiger partial charge in [0.05, 0.1) is 11.6 Å². The van der Waals surface area contributed by atoms with Crippen LogP contribution in [0.25, 0.3) is 10.8 Å². The first kappa shape index (κ1) is 9.87. The van der Waals surface area contributed by atoms with E-state index in [1.807, 2.05) is 42.5 Å². The molecule has 2 heteroatoms. The van der Waals surface area contributed by atoms with Gasteiger partial charge in [-0.15, -0.1) is 0 Å². The van der Waals surface area contributed by atoms with E-state index in [4.69, 9.17) is 5.26 Å². The van der Waals surface area contributed by atoms with Gasteiger partial charge in [0, 0.05) is 0 Å². The van der Waals surface area contributed by atoms with Crippen LogP contribution in [0.4, 0.5) is 0 Å². The summed E-state index contributed by atoms with van der Waals surface area (Å²) in [5.74, 6) is 0. The number of hydrogen-bond acceptors (Lipinski definition) is 1. The summed E-state index contributed by atoms with van der Waals surface area (Å²) >= 11 is 0. The molecule has 0 N–H and O–H groups in total. The Morgan fingerprint density at radius 3 is 2.38 bits per heavy atom. The predicted molar refractivity (Wildman–Crippen MR) is 55.8 cm³/mol. The van der Waals surface area contributed by atoms with Crippen molar-refractivity contribution in [3.05, 3.63) is 48.0 Å². The molecule has 0 unspecified atom stereocenters.